The van der Waals surface area contributed by atoms with Crippen molar-refractivity contribution in [3.05, 3.63) is 63.6 Å². The van der Waals surface area contributed by atoms with Gasteiger partial charge in [0.1, 0.15) is 5.75 Å². The number of carboxylic acids is 1. The molecule has 0 saturated heterocycles. The third-order valence-corrected chi connectivity index (χ3v) is 3.89. The number of benzene rings is 2. The maximum absolute atomic E-state index is 11.4. The van der Waals surface area contributed by atoms with E-state index < -0.39 is 12.1 Å². The van der Waals surface area contributed by atoms with Gasteiger partial charge in [-0.3, -0.25) is 0 Å². The summed E-state index contributed by atoms with van der Waals surface area (Å²) in [5.74, 6) is -0.694. The highest BCUT2D eigenvalue weighted by atomic mass is 35.5. The van der Waals surface area contributed by atoms with Crippen LogP contribution >= 0.6 is 23.2 Å². The van der Waals surface area contributed by atoms with Gasteiger partial charge in [0.15, 0.2) is 6.10 Å². The van der Waals surface area contributed by atoms with Crippen molar-refractivity contribution in [1.82, 2.24) is 0 Å². The van der Waals surface area contributed by atoms with E-state index in [4.69, 9.17) is 27.9 Å². The van der Waals surface area contributed by atoms with E-state index in [0.717, 1.165) is 11.1 Å². The monoisotopic (exact) mass is 324 g/mol. The molecule has 0 fully saturated rings. The first-order valence-electron chi connectivity index (χ1n) is 6.37. The van der Waals surface area contributed by atoms with E-state index in [-0.39, 0.29) is 6.42 Å². The van der Waals surface area contributed by atoms with Crippen molar-refractivity contribution in [2.24, 2.45) is 0 Å². The first-order chi connectivity index (χ1) is 9.99. The lowest BCUT2D eigenvalue weighted by Crippen LogP contribution is -2.29. The molecule has 0 spiro atoms. The van der Waals surface area contributed by atoms with Crippen LogP contribution in [0.4, 0.5) is 0 Å². The second-order valence-electron chi connectivity index (χ2n) is 4.60. The largest absolute Gasteiger partial charge is 0.478 e. The van der Waals surface area contributed by atoms with Gasteiger partial charge in [0.25, 0.3) is 0 Å². The molecule has 2 aromatic rings. The normalized spacial score (nSPS) is 12.0. The topological polar surface area (TPSA) is 46.5 Å². The van der Waals surface area contributed by atoms with Crippen LogP contribution in [0.1, 0.15) is 11.1 Å². The van der Waals surface area contributed by atoms with Crippen LogP contribution in [0, 0.1) is 6.92 Å². The Kier molecular flexibility index (Phi) is 5.10. The van der Waals surface area contributed by atoms with Gasteiger partial charge in [0.05, 0.1) is 5.02 Å². The summed E-state index contributed by atoms with van der Waals surface area (Å²) in [6.07, 6.45) is -0.811. The first-order valence-corrected chi connectivity index (χ1v) is 7.12. The molecule has 3 nitrogen and oxygen atoms in total. The van der Waals surface area contributed by atoms with E-state index in [9.17, 15) is 9.90 Å². The highest BCUT2D eigenvalue weighted by molar-refractivity contribution is 6.32. The molecule has 1 unspecified atom stereocenters. The van der Waals surface area contributed by atoms with E-state index >= 15 is 0 Å². The summed E-state index contributed by atoms with van der Waals surface area (Å²) in [5.41, 5.74) is 1.69. The lowest BCUT2D eigenvalue weighted by Gasteiger charge is -2.17. The van der Waals surface area contributed by atoms with Crippen LogP contribution in [0.15, 0.2) is 42.5 Å². The second kappa shape index (κ2) is 6.83. The van der Waals surface area contributed by atoms with Crippen molar-refractivity contribution in [2.45, 2.75) is 19.4 Å². The number of hydrogen-bond donors (Lipinski definition) is 1. The number of carbonyl (C=O) groups is 1. The fourth-order valence-electron chi connectivity index (χ4n) is 1.95. The Morgan fingerprint density at radius 3 is 2.48 bits per heavy atom. The van der Waals surface area contributed by atoms with Crippen molar-refractivity contribution in [3.63, 3.8) is 0 Å². The van der Waals surface area contributed by atoms with E-state index in [2.05, 4.69) is 0 Å². The average Bonchev–Trinajstić information content (AvgIpc) is 2.45. The Morgan fingerprint density at radius 1 is 1.14 bits per heavy atom. The molecule has 0 aromatic heterocycles. The summed E-state index contributed by atoms with van der Waals surface area (Å²) >= 11 is 12.0. The molecule has 0 heterocycles. The molecule has 0 aliphatic heterocycles. The number of rotatable bonds is 5. The zero-order valence-electron chi connectivity index (χ0n) is 11.3. The summed E-state index contributed by atoms with van der Waals surface area (Å²) in [6.45, 7) is 1.85. The highest BCUT2D eigenvalue weighted by Gasteiger charge is 2.22. The molecule has 0 saturated carbocycles. The molecule has 5 heteroatoms. The lowest BCUT2D eigenvalue weighted by atomic mass is 10.0. The summed E-state index contributed by atoms with van der Waals surface area (Å²) in [6, 6.07) is 12.2. The molecule has 21 heavy (non-hydrogen) atoms. The number of ether oxygens (including phenoxy) is 1. The van der Waals surface area contributed by atoms with Crippen molar-refractivity contribution in [1.29, 1.82) is 0 Å². The molecule has 0 aliphatic carbocycles. The van der Waals surface area contributed by atoms with Crippen LogP contribution in [0.5, 0.6) is 5.75 Å². The standard InChI is InChI=1S/C16H14Cl2O3/c1-10-11(5-4-7-12(10)17)9-15(16(19)20)21-14-8-3-2-6-13(14)18/h2-8,15H,9H2,1H3,(H,19,20). The number of halogens is 2. The molecular formula is C16H14Cl2O3. The summed E-state index contributed by atoms with van der Waals surface area (Å²) in [7, 11) is 0. The fraction of sp³-hybridized carbons (Fsp3) is 0.188. The molecule has 0 bridgehead atoms. The van der Waals surface area contributed by atoms with Gasteiger partial charge in [-0.2, -0.15) is 0 Å². The molecule has 110 valence electrons. The van der Waals surface area contributed by atoms with Gasteiger partial charge in [-0.25, -0.2) is 4.79 Å². The van der Waals surface area contributed by atoms with E-state index in [0.29, 0.717) is 15.8 Å². The van der Waals surface area contributed by atoms with Crippen LogP contribution in [0.2, 0.25) is 10.0 Å². The van der Waals surface area contributed by atoms with E-state index in [1.807, 2.05) is 13.0 Å². The summed E-state index contributed by atoms with van der Waals surface area (Å²) in [5, 5.41) is 10.3. The van der Waals surface area contributed by atoms with E-state index in [1.54, 1.807) is 36.4 Å². The lowest BCUT2D eigenvalue weighted by molar-refractivity contribution is -0.145. The Balaban J connectivity index is 2.22. The first kappa shape index (κ1) is 15.7. The highest BCUT2D eigenvalue weighted by Crippen LogP contribution is 2.26. The quantitative estimate of drug-likeness (QED) is 0.887. The van der Waals surface area contributed by atoms with Gasteiger partial charge in [-0.15, -0.1) is 0 Å². The predicted molar refractivity (Wildman–Crippen MR) is 83.4 cm³/mol. The van der Waals surface area contributed by atoms with Crippen LogP contribution in [-0.4, -0.2) is 17.2 Å². The Bertz CT molecular complexity index is 656. The SMILES string of the molecule is Cc1c(Cl)cccc1CC(Oc1ccccc1Cl)C(=O)O. The van der Waals surface area contributed by atoms with Crippen molar-refractivity contribution in [3.8, 4) is 5.75 Å². The van der Waals surface area contributed by atoms with E-state index in [1.165, 1.54) is 0 Å². The minimum Gasteiger partial charge on any atom is -0.478 e. The fourth-order valence-corrected chi connectivity index (χ4v) is 2.32. The van der Waals surface area contributed by atoms with Crippen LogP contribution < -0.4 is 4.74 Å². The van der Waals surface area contributed by atoms with Gasteiger partial charge in [-0.1, -0.05) is 47.5 Å². The predicted octanol–water partition coefficient (Wildman–Crippen LogP) is 4.38. The summed E-state index contributed by atoms with van der Waals surface area (Å²) < 4.78 is 5.53. The van der Waals surface area contributed by atoms with Gasteiger partial charge < -0.3 is 9.84 Å². The molecule has 2 rings (SSSR count). The van der Waals surface area contributed by atoms with Crippen LogP contribution in [0.3, 0.4) is 0 Å². The van der Waals surface area contributed by atoms with Crippen LogP contribution in [0.25, 0.3) is 0 Å². The molecule has 2 aromatic carbocycles. The van der Waals surface area contributed by atoms with Crippen molar-refractivity contribution >= 4 is 29.2 Å². The maximum Gasteiger partial charge on any atom is 0.345 e. The number of para-hydroxylation sites is 1. The molecule has 1 atom stereocenters. The Hall–Kier alpha value is -1.71. The zero-order chi connectivity index (χ0) is 15.4. The summed E-state index contributed by atoms with van der Waals surface area (Å²) in [4.78, 5) is 11.4. The second-order valence-corrected chi connectivity index (χ2v) is 5.42. The Labute approximate surface area is 133 Å². The molecule has 1 N–H and O–H groups in total. The zero-order valence-corrected chi connectivity index (χ0v) is 12.9. The Morgan fingerprint density at radius 2 is 1.81 bits per heavy atom. The van der Waals surface area contributed by atoms with Gasteiger partial charge in [0.2, 0.25) is 0 Å². The minimum absolute atomic E-state index is 0.215. The minimum atomic E-state index is -1.05. The van der Waals surface area contributed by atoms with Gasteiger partial charge in [-0.05, 0) is 36.2 Å². The molecule has 0 radical (unpaired) electrons. The van der Waals surface area contributed by atoms with Gasteiger partial charge in [0, 0.05) is 11.4 Å². The maximum atomic E-state index is 11.4. The van der Waals surface area contributed by atoms with Gasteiger partial charge >= 0.3 is 5.97 Å². The molecule has 0 aliphatic rings. The third-order valence-electron chi connectivity index (χ3n) is 3.17. The smallest absolute Gasteiger partial charge is 0.345 e. The number of hydrogen-bond acceptors (Lipinski definition) is 2. The van der Waals surface area contributed by atoms with Crippen molar-refractivity contribution in [2.75, 3.05) is 0 Å². The average molecular weight is 325 g/mol. The number of carboxylic acid groups (broad SMARTS) is 1. The third kappa shape index (κ3) is 3.90. The number of aliphatic carboxylic acids is 1. The van der Waals surface area contributed by atoms with Crippen molar-refractivity contribution < 1.29 is 14.6 Å². The van der Waals surface area contributed by atoms with Crippen LogP contribution in [-0.2, 0) is 11.2 Å². The molecular weight excluding hydrogens is 311 g/mol. The molecule has 0 amide bonds.